The molecule has 1 aliphatic heterocycles. The summed E-state index contributed by atoms with van der Waals surface area (Å²) in [7, 11) is 0. The van der Waals surface area contributed by atoms with E-state index >= 15 is 0 Å². The van der Waals surface area contributed by atoms with Crippen molar-refractivity contribution in [2.75, 3.05) is 18.0 Å². The molecule has 0 radical (unpaired) electrons. The van der Waals surface area contributed by atoms with Crippen molar-refractivity contribution in [3.05, 3.63) is 22.8 Å². The number of pyridine rings is 1. The largest absolute Gasteiger partial charge is 0.417 e. The second kappa shape index (κ2) is 8.42. The number of alkyl halides is 3. The summed E-state index contributed by atoms with van der Waals surface area (Å²) in [6.45, 7) is 4.68. The number of aromatic nitrogens is 1. The van der Waals surface area contributed by atoms with Crippen molar-refractivity contribution in [2.45, 2.75) is 38.5 Å². The average molecular weight is 401 g/mol. The van der Waals surface area contributed by atoms with Gasteiger partial charge in [0.2, 0.25) is 5.91 Å². The Morgan fingerprint density at radius 1 is 1.48 bits per heavy atom. The Morgan fingerprint density at radius 3 is 2.64 bits per heavy atom. The molecular formula is C15H21Cl2F3N4O. The van der Waals surface area contributed by atoms with Crippen LogP contribution in [0.2, 0.25) is 5.02 Å². The molecule has 1 aromatic heterocycles. The highest BCUT2D eigenvalue weighted by molar-refractivity contribution is 6.33. The minimum absolute atomic E-state index is 0. The van der Waals surface area contributed by atoms with Crippen LogP contribution in [-0.2, 0) is 11.0 Å². The molecule has 25 heavy (non-hydrogen) atoms. The highest BCUT2D eigenvalue weighted by Gasteiger charge is 2.33. The third-order valence-electron chi connectivity index (χ3n) is 4.00. The van der Waals surface area contributed by atoms with E-state index in [9.17, 15) is 18.0 Å². The summed E-state index contributed by atoms with van der Waals surface area (Å²) in [5.74, 6) is 0.0754. The fraction of sp³-hybridized carbons (Fsp3) is 0.600. The summed E-state index contributed by atoms with van der Waals surface area (Å²) in [5.41, 5.74) is 4.91. The summed E-state index contributed by atoms with van der Waals surface area (Å²) in [4.78, 5) is 17.6. The van der Waals surface area contributed by atoms with Crippen molar-refractivity contribution in [1.29, 1.82) is 0 Å². The topological polar surface area (TPSA) is 71.2 Å². The fourth-order valence-corrected chi connectivity index (χ4v) is 2.77. The maximum Gasteiger partial charge on any atom is 0.417 e. The molecule has 1 amide bonds. The molecule has 1 aliphatic rings. The molecule has 3 N–H and O–H groups in total. The van der Waals surface area contributed by atoms with Gasteiger partial charge < -0.3 is 16.0 Å². The van der Waals surface area contributed by atoms with Crippen molar-refractivity contribution >= 4 is 35.7 Å². The molecule has 2 atom stereocenters. The normalized spacial score (nSPS) is 18.9. The monoisotopic (exact) mass is 400 g/mol. The van der Waals surface area contributed by atoms with Gasteiger partial charge in [-0.3, -0.25) is 4.79 Å². The third kappa shape index (κ3) is 5.36. The number of carbonyl (C=O) groups excluding carboxylic acids is 1. The first kappa shape index (κ1) is 21.8. The number of rotatable bonds is 4. The highest BCUT2D eigenvalue weighted by atomic mass is 35.5. The van der Waals surface area contributed by atoms with Gasteiger partial charge in [-0.15, -0.1) is 12.4 Å². The van der Waals surface area contributed by atoms with E-state index in [0.29, 0.717) is 19.5 Å². The van der Waals surface area contributed by atoms with Gasteiger partial charge in [0.15, 0.2) is 0 Å². The molecule has 5 nitrogen and oxygen atoms in total. The fourth-order valence-electron chi connectivity index (χ4n) is 2.49. The number of hydrogen-bond acceptors (Lipinski definition) is 4. The van der Waals surface area contributed by atoms with Gasteiger partial charge in [0.25, 0.3) is 0 Å². The number of amides is 1. The van der Waals surface area contributed by atoms with Crippen LogP contribution >= 0.6 is 24.0 Å². The number of carbonyl (C=O) groups is 1. The minimum atomic E-state index is -4.48. The van der Waals surface area contributed by atoms with Crippen LogP contribution in [-0.4, -0.2) is 36.1 Å². The maximum absolute atomic E-state index is 12.7. The number of nitrogens with one attached hydrogen (secondary N) is 1. The summed E-state index contributed by atoms with van der Waals surface area (Å²) < 4.78 is 38.0. The number of halogens is 5. The van der Waals surface area contributed by atoms with Crippen molar-refractivity contribution < 1.29 is 18.0 Å². The SMILES string of the molecule is CC(C)[C@H](N)C(=O)NC1CCN(c2ncc(C(F)(F)F)cc2Cl)C1.Cl. The van der Waals surface area contributed by atoms with Crippen molar-refractivity contribution in [2.24, 2.45) is 11.7 Å². The lowest BCUT2D eigenvalue weighted by Crippen LogP contribution is -2.48. The predicted molar refractivity (Wildman–Crippen MR) is 93.1 cm³/mol. The molecule has 1 saturated heterocycles. The van der Waals surface area contributed by atoms with Crippen LogP contribution in [0.15, 0.2) is 12.3 Å². The van der Waals surface area contributed by atoms with Crippen LogP contribution in [0.5, 0.6) is 0 Å². The van der Waals surface area contributed by atoms with Gasteiger partial charge in [-0.2, -0.15) is 13.2 Å². The Hall–Kier alpha value is -1.25. The number of hydrogen-bond donors (Lipinski definition) is 2. The molecule has 0 aliphatic carbocycles. The zero-order valence-electron chi connectivity index (χ0n) is 13.8. The Morgan fingerprint density at radius 2 is 2.12 bits per heavy atom. The van der Waals surface area contributed by atoms with E-state index < -0.39 is 17.8 Å². The lowest BCUT2D eigenvalue weighted by atomic mass is 10.0. The Balaban J connectivity index is 0.00000312. The maximum atomic E-state index is 12.7. The molecule has 2 heterocycles. The van der Waals surface area contributed by atoms with Gasteiger partial charge >= 0.3 is 6.18 Å². The molecule has 0 bridgehead atoms. The van der Waals surface area contributed by atoms with Crippen LogP contribution in [0.3, 0.4) is 0 Å². The summed E-state index contributed by atoms with van der Waals surface area (Å²) in [6, 6.07) is 0.138. The first-order valence-electron chi connectivity index (χ1n) is 7.63. The van der Waals surface area contributed by atoms with Crippen molar-refractivity contribution in [3.8, 4) is 0 Å². The van der Waals surface area contributed by atoms with E-state index in [2.05, 4.69) is 10.3 Å². The van der Waals surface area contributed by atoms with E-state index in [-0.39, 0.29) is 41.1 Å². The van der Waals surface area contributed by atoms with E-state index in [1.54, 1.807) is 4.90 Å². The van der Waals surface area contributed by atoms with Crippen molar-refractivity contribution in [1.82, 2.24) is 10.3 Å². The highest BCUT2D eigenvalue weighted by Crippen LogP contribution is 2.34. The van der Waals surface area contributed by atoms with Crippen LogP contribution in [0.4, 0.5) is 19.0 Å². The molecule has 0 spiro atoms. The van der Waals surface area contributed by atoms with Gasteiger partial charge in [-0.05, 0) is 18.4 Å². The number of anilines is 1. The minimum Gasteiger partial charge on any atom is -0.353 e. The van der Waals surface area contributed by atoms with Gasteiger partial charge in [0, 0.05) is 25.3 Å². The van der Waals surface area contributed by atoms with Crippen LogP contribution in [0.1, 0.15) is 25.8 Å². The van der Waals surface area contributed by atoms with E-state index in [1.807, 2.05) is 13.8 Å². The lowest BCUT2D eigenvalue weighted by molar-refractivity contribution is -0.137. The van der Waals surface area contributed by atoms with Crippen molar-refractivity contribution in [3.63, 3.8) is 0 Å². The van der Waals surface area contributed by atoms with Gasteiger partial charge in [-0.25, -0.2) is 4.98 Å². The zero-order chi connectivity index (χ0) is 18.1. The predicted octanol–water partition coefficient (Wildman–Crippen LogP) is 2.85. The zero-order valence-corrected chi connectivity index (χ0v) is 15.4. The first-order chi connectivity index (χ1) is 11.1. The average Bonchev–Trinajstić information content (AvgIpc) is 2.93. The van der Waals surface area contributed by atoms with E-state index in [1.165, 1.54) is 0 Å². The Kier molecular flexibility index (Phi) is 7.34. The standard InChI is InChI=1S/C15H20ClF3N4O.ClH/c1-8(2)12(20)14(24)22-10-3-4-23(7-10)13-11(16)5-9(6-21-13)15(17,18)19;/h5-6,8,10,12H,3-4,7,20H2,1-2H3,(H,22,24);1H/t10?,12-;/m0./s1. The van der Waals surface area contributed by atoms with Crippen LogP contribution in [0, 0.1) is 5.92 Å². The molecule has 142 valence electrons. The summed E-state index contributed by atoms with van der Waals surface area (Å²) in [5, 5.41) is 2.80. The molecule has 1 unspecified atom stereocenters. The molecule has 0 saturated carbocycles. The number of nitrogens with zero attached hydrogens (tertiary/aromatic N) is 2. The Labute approximate surface area is 155 Å². The van der Waals surface area contributed by atoms with Gasteiger partial charge in [0.1, 0.15) is 5.82 Å². The first-order valence-corrected chi connectivity index (χ1v) is 8.01. The Bertz CT molecular complexity index is 613. The summed E-state index contributed by atoms with van der Waals surface area (Å²) in [6.07, 6.45) is -3.07. The molecule has 10 heteroatoms. The lowest BCUT2D eigenvalue weighted by Gasteiger charge is -2.21. The van der Waals surface area contributed by atoms with Gasteiger partial charge in [-0.1, -0.05) is 25.4 Å². The molecular weight excluding hydrogens is 380 g/mol. The van der Waals surface area contributed by atoms with Crippen LogP contribution < -0.4 is 16.0 Å². The molecule has 1 aromatic rings. The molecule has 0 aromatic carbocycles. The third-order valence-corrected chi connectivity index (χ3v) is 4.28. The van der Waals surface area contributed by atoms with Crippen LogP contribution in [0.25, 0.3) is 0 Å². The second-order valence-electron chi connectivity index (χ2n) is 6.24. The molecule has 1 fully saturated rings. The van der Waals surface area contributed by atoms with E-state index in [0.717, 1.165) is 12.3 Å². The molecule has 2 rings (SSSR count). The smallest absolute Gasteiger partial charge is 0.353 e. The van der Waals surface area contributed by atoms with E-state index in [4.69, 9.17) is 17.3 Å². The number of nitrogens with two attached hydrogens (primary N) is 1. The van der Waals surface area contributed by atoms with Gasteiger partial charge in [0.05, 0.1) is 16.6 Å². The second-order valence-corrected chi connectivity index (χ2v) is 6.64. The quantitative estimate of drug-likeness (QED) is 0.814. The summed E-state index contributed by atoms with van der Waals surface area (Å²) >= 11 is 5.95.